The summed E-state index contributed by atoms with van der Waals surface area (Å²) in [4.78, 5) is 60.1. The third-order valence-corrected chi connectivity index (χ3v) is 7.39. The van der Waals surface area contributed by atoms with Gasteiger partial charge in [-0.3, -0.25) is 24.0 Å². The molecule has 2 amide bonds. The van der Waals surface area contributed by atoms with Crippen molar-refractivity contribution >= 4 is 40.6 Å². The number of hydrogen-bond acceptors (Lipinski definition) is 7. The van der Waals surface area contributed by atoms with Crippen molar-refractivity contribution in [3.05, 3.63) is 118 Å². The Morgan fingerprint density at radius 1 is 0.962 bits per heavy atom. The van der Waals surface area contributed by atoms with Gasteiger partial charge < -0.3 is 25.4 Å². The average molecular weight is 742 g/mol. The monoisotopic (exact) mass is 741 g/mol. The summed E-state index contributed by atoms with van der Waals surface area (Å²) in [7, 11) is 3.65. The zero-order valence-electron chi connectivity index (χ0n) is 28.8. The molecule has 0 fully saturated rings. The first-order chi connectivity index (χ1) is 24.6. The minimum Gasteiger partial charge on any atom is -0.493 e. The van der Waals surface area contributed by atoms with Gasteiger partial charge in [-0.2, -0.15) is 13.2 Å². The van der Waals surface area contributed by atoms with Crippen LogP contribution < -0.4 is 10.6 Å². The van der Waals surface area contributed by atoms with Gasteiger partial charge in [0.25, 0.3) is 5.91 Å². The number of rotatable bonds is 14. The minimum absolute atomic E-state index is 0. The van der Waals surface area contributed by atoms with Crippen LogP contribution in [0.2, 0.25) is 0 Å². The molecule has 284 valence electrons. The predicted octanol–water partition coefficient (Wildman–Crippen LogP) is 6.96. The van der Waals surface area contributed by atoms with Crippen molar-refractivity contribution < 1.29 is 51.4 Å². The highest BCUT2D eigenvalue weighted by molar-refractivity contribution is 6.00. The lowest BCUT2D eigenvalue weighted by molar-refractivity contribution is -0.138. The fourth-order valence-corrected chi connectivity index (χ4v) is 4.93. The number of anilines is 1. The summed E-state index contributed by atoms with van der Waals surface area (Å²) in [6, 6.07) is 15.4. The molecule has 3 N–H and O–H groups in total. The summed E-state index contributed by atoms with van der Waals surface area (Å²) >= 11 is 0. The zero-order chi connectivity index (χ0) is 38.4. The van der Waals surface area contributed by atoms with Gasteiger partial charge in [-0.25, -0.2) is 4.39 Å². The molecule has 0 aromatic heterocycles. The Balaban J connectivity index is 0.000000586. The summed E-state index contributed by atoms with van der Waals surface area (Å²) in [6.07, 6.45) is -1.51. The van der Waals surface area contributed by atoms with Crippen molar-refractivity contribution in [3.8, 4) is 0 Å². The second-order valence-corrected chi connectivity index (χ2v) is 11.8. The number of ketones is 2. The summed E-state index contributed by atoms with van der Waals surface area (Å²) in [5, 5.41) is 12.9. The van der Waals surface area contributed by atoms with E-state index in [-0.39, 0.29) is 55.3 Å². The van der Waals surface area contributed by atoms with E-state index in [4.69, 9.17) is 9.84 Å². The highest BCUT2D eigenvalue weighted by Gasteiger charge is 2.32. The number of alkyl halides is 3. The Morgan fingerprint density at radius 3 is 2.26 bits per heavy atom. The average Bonchev–Trinajstić information content (AvgIpc) is 3.08. The van der Waals surface area contributed by atoms with Crippen LogP contribution in [0.25, 0.3) is 5.57 Å². The maximum atomic E-state index is 14.9. The van der Waals surface area contributed by atoms with E-state index in [2.05, 4.69) is 10.6 Å². The SMILES string of the molecule is C.CCOC1=CC(=O)CC=C1c1ccc(CC(=O)Nc2cc(C(=O)CCCN(C)C)cc(C(F)(F)F)c2)c(F)c1.O=C(O)CNC(=O)c1ccccc1. The van der Waals surface area contributed by atoms with Gasteiger partial charge in [0.2, 0.25) is 5.91 Å². The molecule has 0 bridgehead atoms. The van der Waals surface area contributed by atoms with E-state index in [1.807, 2.05) is 19.0 Å². The molecule has 53 heavy (non-hydrogen) atoms. The standard InChI is InChI=1S/C29H30F4N2O4.C9H9NO3.CH4/c1-4-39-27-17-23(36)9-10-24(27)18-7-8-19(25(30)14-18)15-28(38)34-22-13-20(12-21(16-22)29(31,32)33)26(37)6-5-11-35(2)3;11-8(12)6-10-9(13)7-4-2-1-3-5-7;/h7-8,10,12-14,16-17H,4-6,9,11,15H2,1-3H3,(H,34,38);1-5H,6H2,(H,10,13)(H,11,12);1H4. The fourth-order valence-electron chi connectivity index (χ4n) is 4.93. The Morgan fingerprint density at radius 2 is 1.66 bits per heavy atom. The van der Waals surface area contributed by atoms with Gasteiger partial charge in [0, 0.05) is 41.3 Å². The molecule has 0 atom stereocenters. The first kappa shape index (κ1) is 43.5. The van der Waals surface area contributed by atoms with E-state index < -0.39 is 41.6 Å². The number of nitrogens with one attached hydrogen (secondary N) is 2. The number of amides is 2. The lowest BCUT2D eigenvalue weighted by Crippen LogP contribution is -2.29. The smallest absolute Gasteiger partial charge is 0.416 e. The maximum Gasteiger partial charge on any atom is 0.416 e. The topological polar surface area (TPSA) is 142 Å². The molecule has 0 spiro atoms. The van der Waals surface area contributed by atoms with Gasteiger partial charge in [0.1, 0.15) is 18.1 Å². The van der Waals surface area contributed by atoms with Gasteiger partial charge in [-0.05, 0) is 81.5 Å². The van der Waals surface area contributed by atoms with E-state index in [1.165, 1.54) is 24.3 Å². The molecule has 14 heteroatoms. The van der Waals surface area contributed by atoms with Crippen molar-refractivity contribution in [3.63, 3.8) is 0 Å². The molecule has 0 aliphatic heterocycles. The van der Waals surface area contributed by atoms with Crippen molar-refractivity contribution in [2.45, 2.75) is 46.2 Å². The molecular weight excluding hydrogens is 698 g/mol. The highest BCUT2D eigenvalue weighted by Crippen LogP contribution is 2.33. The van der Waals surface area contributed by atoms with E-state index >= 15 is 0 Å². The summed E-state index contributed by atoms with van der Waals surface area (Å²) in [6.45, 7) is 2.31. The van der Waals surface area contributed by atoms with E-state index in [1.54, 1.807) is 49.4 Å². The highest BCUT2D eigenvalue weighted by atomic mass is 19.4. The van der Waals surface area contributed by atoms with E-state index in [0.717, 1.165) is 12.1 Å². The quantitative estimate of drug-likeness (QED) is 0.119. The van der Waals surface area contributed by atoms with Crippen LogP contribution in [0, 0.1) is 5.82 Å². The molecule has 0 saturated carbocycles. The largest absolute Gasteiger partial charge is 0.493 e. The zero-order valence-corrected chi connectivity index (χ0v) is 28.8. The summed E-state index contributed by atoms with van der Waals surface area (Å²) in [5.41, 5.74) is 0.0703. The van der Waals surface area contributed by atoms with Crippen LogP contribution >= 0.6 is 0 Å². The first-order valence-electron chi connectivity index (χ1n) is 16.2. The Hall–Kier alpha value is -5.63. The van der Waals surface area contributed by atoms with Crippen molar-refractivity contribution in [1.29, 1.82) is 0 Å². The Bertz CT molecular complexity index is 1840. The van der Waals surface area contributed by atoms with Crippen LogP contribution in [-0.2, 0) is 31.7 Å². The number of carboxylic acid groups (broad SMARTS) is 1. The van der Waals surface area contributed by atoms with Crippen LogP contribution in [0.15, 0.2) is 84.6 Å². The Labute approximate surface area is 305 Å². The second kappa shape index (κ2) is 20.4. The number of hydrogen-bond donors (Lipinski definition) is 3. The van der Waals surface area contributed by atoms with Gasteiger partial charge in [-0.15, -0.1) is 0 Å². The van der Waals surface area contributed by atoms with Gasteiger partial charge in [0.15, 0.2) is 11.6 Å². The molecule has 0 heterocycles. The molecule has 0 saturated heterocycles. The molecule has 1 aliphatic rings. The molecule has 0 radical (unpaired) electrons. The van der Waals surface area contributed by atoms with E-state index in [0.29, 0.717) is 42.0 Å². The molecule has 4 rings (SSSR count). The molecule has 10 nitrogen and oxygen atoms in total. The lowest BCUT2D eigenvalue weighted by atomic mass is 9.95. The molecule has 1 aliphatic carbocycles. The number of allylic oxidation sites excluding steroid dienone is 3. The second-order valence-electron chi connectivity index (χ2n) is 11.8. The third kappa shape index (κ3) is 14.1. The summed E-state index contributed by atoms with van der Waals surface area (Å²) < 4.78 is 60.9. The van der Waals surface area contributed by atoms with Crippen molar-refractivity contribution in [2.75, 3.05) is 39.1 Å². The van der Waals surface area contributed by atoms with Crippen LogP contribution in [0.5, 0.6) is 0 Å². The van der Waals surface area contributed by atoms with Crippen molar-refractivity contribution in [2.24, 2.45) is 0 Å². The lowest BCUT2D eigenvalue weighted by Gasteiger charge is -2.17. The molecule has 0 unspecified atom stereocenters. The number of benzene rings is 3. The fraction of sp³-hybridized carbons (Fsp3) is 0.308. The first-order valence-corrected chi connectivity index (χ1v) is 16.2. The van der Waals surface area contributed by atoms with Gasteiger partial charge in [0.05, 0.1) is 18.6 Å². The number of carboxylic acids is 1. The normalized spacial score (nSPS) is 12.3. The van der Waals surface area contributed by atoms with Gasteiger partial charge >= 0.3 is 12.1 Å². The summed E-state index contributed by atoms with van der Waals surface area (Å²) in [5.74, 6) is -3.15. The van der Waals surface area contributed by atoms with Crippen LogP contribution in [-0.4, -0.2) is 73.1 Å². The van der Waals surface area contributed by atoms with Crippen LogP contribution in [0.4, 0.5) is 23.2 Å². The molecular formula is C39H43F4N3O7. The van der Waals surface area contributed by atoms with E-state index in [9.17, 15) is 41.5 Å². The van der Waals surface area contributed by atoms with Crippen LogP contribution in [0.1, 0.15) is 71.0 Å². The maximum absolute atomic E-state index is 14.9. The van der Waals surface area contributed by atoms with Crippen molar-refractivity contribution in [1.82, 2.24) is 10.2 Å². The van der Waals surface area contributed by atoms with Crippen LogP contribution in [0.3, 0.4) is 0 Å². The minimum atomic E-state index is -4.73. The molecule has 3 aromatic rings. The Kier molecular flexibility index (Phi) is 16.8. The number of Topliss-reactive ketones (excluding diaryl/α,β-unsaturated/α-hetero) is 1. The number of carbonyl (C=O) groups excluding carboxylic acids is 4. The number of nitrogens with zero attached hydrogens (tertiary/aromatic N) is 1. The predicted molar refractivity (Wildman–Crippen MR) is 193 cm³/mol. The number of ether oxygens (including phenoxy) is 1. The van der Waals surface area contributed by atoms with Gasteiger partial charge in [-0.1, -0.05) is 43.8 Å². The molecule has 3 aromatic carbocycles. The third-order valence-electron chi connectivity index (χ3n) is 7.39. The number of carbonyl (C=O) groups is 5. The number of halogens is 4. The number of aliphatic carboxylic acids is 1.